The Kier molecular flexibility index (Phi) is 5.69. The maximum Gasteiger partial charge on any atom is 0.387 e. The lowest BCUT2D eigenvalue weighted by Gasteiger charge is -2.35. The van der Waals surface area contributed by atoms with Crippen molar-refractivity contribution in [1.82, 2.24) is 14.5 Å². The second-order valence-electron chi connectivity index (χ2n) is 7.72. The maximum atomic E-state index is 12.8. The van der Waals surface area contributed by atoms with Crippen LogP contribution in [0.4, 0.5) is 8.78 Å². The molecular weight excluding hydrogens is 336 g/mol. The van der Waals surface area contributed by atoms with Gasteiger partial charge < -0.3 is 4.74 Å². The van der Waals surface area contributed by atoms with E-state index < -0.39 is 28.4 Å². The van der Waals surface area contributed by atoms with Crippen LogP contribution in [0, 0.1) is 5.41 Å². The molecule has 0 aliphatic heterocycles. The van der Waals surface area contributed by atoms with Crippen LogP contribution in [0.2, 0.25) is 0 Å². The van der Waals surface area contributed by atoms with Crippen molar-refractivity contribution in [2.24, 2.45) is 12.5 Å². The molecule has 0 saturated heterocycles. The lowest BCUT2D eigenvalue weighted by Crippen LogP contribution is -2.42. The van der Waals surface area contributed by atoms with Crippen LogP contribution >= 0.6 is 0 Å². The average molecular weight is 363 g/mol. The molecule has 8 heteroatoms. The summed E-state index contributed by atoms with van der Waals surface area (Å²) >= 11 is 0. The van der Waals surface area contributed by atoms with Gasteiger partial charge in [0.25, 0.3) is 0 Å². The smallest absolute Gasteiger partial charge is 0.387 e. The van der Waals surface area contributed by atoms with E-state index in [1.807, 2.05) is 20.8 Å². The predicted molar refractivity (Wildman–Crippen MR) is 90.2 cm³/mol. The molecule has 138 valence electrons. The third-order valence-electron chi connectivity index (χ3n) is 4.54. The molecule has 1 aromatic rings. The monoisotopic (exact) mass is 363 g/mol. The Balaban J connectivity index is 2.41. The number of aryl methyl sites for hydroxylation is 1. The largest absolute Gasteiger partial charge is 0.431 e. The molecule has 1 fully saturated rings. The number of nitrogens with one attached hydrogen (secondary N) is 1. The minimum absolute atomic E-state index is 0.0454. The molecule has 0 spiro atoms. The van der Waals surface area contributed by atoms with Crippen molar-refractivity contribution in [3.63, 3.8) is 0 Å². The van der Waals surface area contributed by atoms with E-state index in [4.69, 9.17) is 0 Å². The van der Waals surface area contributed by atoms with Crippen LogP contribution in [0.1, 0.15) is 65.1 Å². The lowest BCUT2D eigenvalue weighted by molar-refractivity contribution is -0.0511. The van der Waals surface area contributed by atoms with E-state index in [9.17, 15) is 13.0 Å². The van der Waals surface area contributed by atoms with Crippen molar-refractivity contribution < 1.29 is 17.7 Å². The third kappa shape index (κ3) is 4.33. The SMILES string of the molecule is Cn1cc(OC(F)F)c([C@H](N[S@](=O)C(C)(C)C)C2(C)CCCC2)n1. The zero-order valence-electron chi connectivity index (χ0n) is 14.9. The van der Waals surface area contributed by atoms with E-state index in [0.717, 1.165) is 25.7 Å². The van der Waals surface area contributed by atoms with Gasteiger partial charge in [-0.2, -0.15) is 13.9 Å². The Labute approximate surface area is 144 Å². The molecule has 1 aliphatic rings. The molecular formula is C16H27F2N3O2S. The normalized spacial score (nSPS) is 20.3. The molecule has 0 radical (unpaired) electrons. The number of hydrogen-bond donors (Lipinski definition) is 1. The second kappa shape index (κ2) is 7.07. The van der Waals surface area contributed by atoms with E-state index in [-0.39, 0.29) is 11.2 Å². The summed E-state index contributed by atoms with van der Waals surface area (Å²) in [7, 11) is 0.319. The van der Waals surface area contributed by atoms with Crippen molar-refractivity contribution in [2.45, 2.75) is 70.8 Å². The van der Waals surface area contributed by atoms with Gasteiger partial charge >= 0.3 is 6.61 Å². The molecule has 1 aliphatic carbocycles. The number of aromatic nitrogens is 2. The third-order valence-corrected chi connectivity index (χ3v) is 6.10. The van der Waals surface area contributed by atoms with E-state index in [1.165, 1.54) is 10.9 Å². The first-order valence-electron chi connectivity index (χ1n) is 8.19. The van der Waals surface area contributed by atoms with E-state index >= 15 is 0 Å². The fourth-order valence-corrected chi connectivity index (χ4v) is 4.12. The minimum atomic E-state index is -2.92. The molecule has 1 aromatic heterocycles. The summed E-state index contributed by atoms with van der Waals surface area (Å²) in [5.41, 5.74) is 0.204. The molecule has 0 unspecified atom stereocenters. The molecule has 1 saturated carbocycles. The molecule has 0 aromatic carbocycles. The van der Waals surface area contributed by atoms with Crippen LogP contribution in [-0.4, -0.2) is 25.3 Å². The van der Waals surface area contributed by atoms with Gasteiger partial charge in [-0.1, -0.05) is 19.8 Å². The molecule has 2 atom stereocenters. The molecule has 1 N–H and O–H groups in total. The number of rotatable bonds is 6. The Morgan fingerprint density at radius 3 is 2.46 bits per heavy atom. The first kappa shape index (κ1) is 19.3. The van der Waals surface area contributed by atoms with Gasteiger partial charge in [-0.3, -0.25) is 4.68 Å². The quantitative estimate of drug-likeness (QED) is 0.838. The highest BCUT2D eigenvalue weighted by Gasteiger charge is 2.43. The first-order valence-corrected chi connectivity index (χ1v) is 9.34. The van der Waals surface area contributed by atoms with Crippen LogP contribution in [0.3, 0.4) is 0 Å². The van der Waals surface area contributed by atoms with Gasteiger partial charge in [0.15, 0.2) is 5.75 Å². The fraction of sp³-hybridized carbons (Fsp3) is 0.812. The van der Waals surface area contributed by atoms with Crippen LogP contribution in [0.25, 0.3) is 0 Å². The highest BCUT2D eigenvalue weighted by atomic mass is 32.2. The second-order valence-corrected chi connectivity index (χ2v) is 9.72. The van der Waals surface area contributed by atoms with Crippen molar-refractivity contribution in [3.05, 3.63) is 11.9 Å². The van der Waals surface area contributed by atoms with Gasteiger partial charge in [0.1, 0.15) is 5.69 Å². The predicted octanol–water partition coefficient (Wildman–Crippen LogP) is 3.69. The maximum absolute atomic E-state index is 12.8. The van der Waals surface area contributed by atoms with E-state index in [1.54, 1.807) is 7.05 Å². The summed E-state index contributed by atoms with van der Waals surface area (Å²) < 4.78 is 47.0. The zero-order chi connectivity index (χ0) is 18.1. The first-order chi connectivity index (χ1) is 11.0. The van der Waals surface area contributed by atoms with Crippen LogP contribution in [-0.2, 0) is 18.0 Å². The summed E-state index contributed by atoms with van der Waals surface area (Å²) in [6.07, 6.45) is 5.42. The van der Waals surface area contributed by atoms with Gasteiger partial charge in [0.05, 0.1) is 28.0 Å². The highest BCUT2D eigenvalue weighted by molar-refractivity contribution is 7.84. The number of ether oxygens (including phenoxy) is 1. The number of hydrogen-bond acceptors (Lipinski definition) is 3. The van der Waals surface area contributed by atoms with Crippen LogP contribution < -0.4 is 9.46 Å². The van der Waals surface area contributed by atoms with Gasteiger partial charge in [-0.15, -0.1) is 0 Å². The van der Waals surface area contributed by atoms with Crippen molar-refractivity contribution in [2.75, 3.05) is 0 Å². The Hall–Kier alpha value is -1.02. The fourth-order valence-electron chi connectivity index (χ4n) is 3.15. The standard InChI is InChI=1S/C16H27F2N3O2S/c1-15(2,3)24(22)20-13(16(4)8-6-7-9-16)12-11(23-14(17)18)10-21(5)19-12/h10,13-14,20H,6-9H2,1-5H3/t13-,24+/m0/s1. The average Bonchev–Trinajstić information content (AvgIpc) is 3.01. The minimum Gasteiger partial charge on any atom is -0.431 e. The van der Waals surface area contributed by atoms with Crippen LogP contribution in [0.5, 0.6) is 5.75 Å². The molecule has 2 rings (SSSR count). The van der Waals surface area contributed by atoms with Crippen LogP contribution in [0.15, 0.2) is 6.20 Å². The van der Waals surface area contributed by atoms with Crippen molar-refractivity contribution in [3.8, 4) is 5.75 Å². The van der Waals surface area contributed by atoms with E-state index in [0.29, 0.717) is 5.69 Å². The van der Waals surface area contributed by atoms with Crippen molar-refractivity contribution >= 4 is 11.0 Å². The number of halogens is 2. The molecule has 0 amide bonds. The zero-order valence-corrected chi connectivity index (χ0v) is 15.8. The molecule has 24 heavy (non-hydrogen) atoms. The topological polar surface area (TPSA) is 56.1 Å². The summed E-state index contributed by atoms with van der Waals surface area (Å²) in [4.78, 5) is 0. The summed E-state index contributed by atoms with van der Waals surface area (Å²) in [6, 6.07) is -0.407. The Morgan fingerprint density at radius 2 is 1.96 bits per heavy atom. The summed E-state index contributed by atoms with van der Waals surface area (Å²) in [5, 5.41) is 4.35. The van der Waals surface area contributed by atoms with Gasteiger partial charge in [-0.25, -0.2) is 8.93 Å². The molecule has 5 nitrogen and oxygen atoms in total. The summed E-state index contributed by atoms with van der Waals surface area (Å²) in [5.74, 6) is 0.0454. The molecule has 1 heterocycles. The number of alkyl halides is 2. The highest BCUT2D eigenvalue weighted by Crippen LogP contribution is 2.49. The van der Waals surface area contributed by atoms with Gasteiger partial charge in [0, 0.05) is 7.05 Å². The van der Waals surface area contributed by atoms with Crippen molar-refractivity contribution in [1.29, 1.82) is 0 Å². The van der Waals surface area contributed by atoms with Gasteiger partial charge in [-0.05, 0) is 39.0 Å². The lowest BCUT2D eigenvalue weighted by atomic mass is 9.79. The van der Waals surface area contributed by atoms with Gasteiger partial charge in [0.2, 0.25) is 0 Å². The molecule has 0 bridgehead atoms. The van der Waals surface area contributed by atoms with E-state index in [2.05, 4.69) is 21.5 Å². The number of nitrogens with zero attached hydrogens (tertiary/aromatic N) is 2. The Morgan fingerprint density at radius 1 is 1.38 bits per heavy atom. The Bertz CT molecular complexity index is 593. The summed E-state index contributed by atoms with van der Waals surface area (Å²) in [6.45, 7) is 4.80.